The van der Waals surface area contributed by atoms with Crippen LogP contribution in [0.2, 0.25) is 0 Å². The van der Waals surface area contributed by atoms with Crippen molar-refractivity contribution < 1.29 is 0 Å². The van der Waals surface area contributed by atoms with E-state index in [1.807, 2.05) is 0 Å². The number of aromatic nitrogens is 1. The second-order valence-electron chi connectivity index (χ2n) is 16.4. The molecule has 0 N–H and O–H groups in total. The van der Waals surface area contributed by atoms with Crippen LogP contribution in [0.4, 0.5) is 17.1 Å². The molecule has 1 heterocycles. The number of anilines is 3. The summed E-state index contributed by atoms with van der Waals surface area (Å²) in [5, 5.41) is 7.45. The molecule has 0 saturated carbocycles. The lowest BCUT2D eigenvalue weighted by molar-refractivity contribution is 1.17. The van der Waals surface area contributed by atoms with Crippen molar-refractivity contribution in [1.82, 2.24) is 4.57 Å². The van der Waals surface area contributed by atoms with E-state index in [0.717, 1.165) is 28.3 Å². The predicted molar refractivity (Wildman–Crippen MR) is 272 cm³/mol. The lowest BCUT2D eigenvalue weighted by Gasteiger charge is -2.29. The Morgan fingerprint density at radius 1 is 0.266 bits per heavy atom. The molecule has 300 valence electrons. The number of fused-ring (bicyclic) bond motifs is 5. The highest BCUT2D eigenvalue weighted by Gasteiger charge is 2.21. The second kappa shape index (κ2) is 15.8. The molecule has 1 aromatic heterocycles. The molecule has 0 saturated heterocycles. The topological polar surface area (TPSA) is 8.17 Å². The molecule has 12 aromatic rings. The van der Waals surface area contributed by atoms with Crippen molar-refractivity contribution >= 4 is 60.4 Å². The van der Waals surface area contributed by atoms with Gasteiger partial charge in [0.1, 0.15) is 0 Å². The zero-order chi connectivity index (χ0) is 42.4. The van der Waals surface area contributed by atoms with Crippen LogP contribution in [0.1, 0.15) is 0 Å². The van der Waals surface area contributed by atoms with Crippen molar-refractivity contribution in [2.45, 2.75) is 0 Å². The van der Waals surface area contributed by atoms with Gasteiger partial charge in [-0.05, 0) is 115 Å². The highest BCUT2D eigenvalue weighted by atomic mass is 15.1. The average molecular weight is 815 g/mol. The van der Waals surface area contributed by atoms with Crippen molar-refractivity contribution in [2.75, 3.05) is 4.90 Å². The molecule has 0 fully saturated rings. The molecule has 0 unspecified atom stereocenters. The SMILES string of the molecule is c1ccc(-c2cccc3cccc(-c4ccc(N(c5ccc(-n6c7ccccc7c7ccccc76)cc5)c5ccccc5-c5cccc6cccc(-c7ccccc7)c56)cc4)c23)cc1. The number of rotatable bonds is 8. The molecular weight excluding hydrogens is 773 g/mol. The van der Waals surface area contributed by atoms with E-state index in [0.29, 0.717) is 0 Å². The van der Waals surface area contributed by atoms with Gasteiger partial charge in [0, 0.05) is 33.4 Å². The Labute approximate surface area is 373 Å². The first-order valence-corrected chi connectivity index (χ1v) is 22.0. The van der Waals surface area contributed by atoms with Gasteiger partial charge in [0.25, 0.3) is 0 Å². The van der Waals surface area contributed by atoms with Gasteiger partial charge in [-0.1, -0.05) is 200 Å². The van der Waals surface area contributed by atoms with Crippen LogP contribution in [0, 0.1) is 0 Å². The third-order valence-electron chi connectivity index (χ3n) is 12.8. The van der Waals surface area contributed by atoms with Crippen LogP contribution in [0.5, 0.6) is 0 Å². The van der Waals surface area contributed by atoms with E-state index in [4.69, 9.17) is 0 Å². The van der Waals surface area contributed by atoms with Gasteiger partial charge in [-0.25, -0.2) is 0 Å². The van der Waals surface area contributed by atoms with Crippen molar-refractivity contribution in [3.8, 4) is 50.2 Å². The summed E-state index contributed by atoms with van der Waals surface area (Å²) in [4.78, 5) is 2.43. The van der Waals surface area contributed by atoms with Gasteiger partial charge in [-0.15, -0.1) is 0 Å². The standard InChI is InChI=1S/C62H42N2/c1-3-17-43(18-4-1)51-28-13-21-46-22-14-30-53(61(46)51)45-35-37-48(38-36-45)63(49-39-41-50(42-40-49)64-59-33-11-7-25-54(59)55-26-8-12-34-60(55)64)58-32-10-9-27-56(58)57-31-16-24-47-23-15-29-52(62(47)57)44-19-5-2-6-20-44/h1-42H. The van der Waals surface area contributed by atoms with Crippen LogP contribution in [0.3, 0.4) is 0 Å². The summed E-state index contributed by atoms with van der Waals surface area (Å²) in [5.74, 6) is 0. The highest BCUT2D eigenvalue weighted by molar-refractivity contribution is 6.11. The van der Waals surface area contributed by atoms with Crippen LogP contribution >= 0.6 is 0 Å². The molecule has 12 rings (SSSR count). The van der Waals surface area contributed by atoms with Crippen LogP contribution < -0.4 is 4.90 Å². The Bertz CT molecular complexity index is 3580. The average Bonchev–Trinajstić information content (AvgIpc) is 3.71. The Morgan fingerprint density at radius 3 is 1.19 bits per heavy atom. The van der Waals surface area contributed by atoms with E-state index in [-0.39, 0.29) is 0 Å². The predicted octanol–water partition coefficient (Wildman–Crippen LogP) is 17.2. The molecule has 0 bridgehead atoms. The molecule has 0 amide bonds. The maximum absolute atomic E-state index is 2.43. The van der Waals surface area contributed by atoms with E-state index in [9.17, 15) is 0 Å². The lowest BCUT2D eigenvalue weighted by atomic mass is 9.90. The number of nitrogens with zero attached hydrogens (tertiary/aromatic N) is 2. The third-order valence-corrected chi connectivity index (χ3v) is 12.8. The van der Waals surface area contributed by atoms with Crippen LogP contribution in [-0.4, -0.2) is 4.57 Å². The number of hydrogen-bond acceptors (Lipinski definition) is 1. The van der Waals surface area contributed by atoms with Crippen molar-refractivity contribution in [1.29, 1.82) is 0 Å². The highest BCUT2D eigenvalue weighted by Crippen LogP contribution is 2.46. The lowest BCUT2D eigenvalue weighted by Crippen LogP contribution is -2.11. The molecule has 0 aliphatic rings. The molecule has 64 heavy (non-hydrogen) atoms. The molecule has 0 spiro atoms. The molecule has 0 atom stereocenters. The molecule has 0 aliphatic carbocycles. The summed E-state index contributed by atoms with van der Waals surface area (Å²) < 4.78 is 2.39. The maximum atomic E-state index is 2.43. The number of benzene rings is 11. The maximum Gasteiger partial charge on any atom is 0.0541 e. The molecule has 0 radical (unpaired) electrons. The minimum Gasteiger partial charge on any atom is -0.310 e. The van der Waals surface area contributed by atoms with Gasteiger partial charge in [-0.2, -0.15) is 0 Å². The minimum atomic E-state index is 1.07. The van der Waals surface area contributed by atoms with Crippen LogP contribution in [0.25, 0.3) is 93.5 Å². The Hall–Kier alpha value is -8.46. The van der Waals surface area contributed by atoms with E-state index < -0.39 is 0 Å². The van der Waals surface area contributed by atoms with Gasteiger partial charge in [0.15, 0.2) is 0 Å². The van der Waals surface area contributed by atoms with Gasteiger partial charge in [-0.3, -0.25) is 0 Å². The molecular formula is C62H42N2. The first-order valence-electron chi connectivity index (χ1n) is 22.0. The summed E-state index contributed by atoms with van der Waals surface area (Å²) in [5.41, 5.74) is 16.4. The van der Waals surface area contributed by atoms with Crippen molar-refractivity contribution in [2.24, 2.45) is 0 Å². The summed E-state index contributed by atoms with van der Waals surface area (Å²) in [6, 6.07) is 92.7. The fourth-order valence-corrected chi connectivity index (χ4v) is 9.93. The fraction of sp³-hybridized carbons (Fsp3) is 0. The van der Waals surface area contributed by atoms with E-state index >= 15 is 0 Å². The summed E-state index contributed by atoms with van der Waals surface area (Å²) in [6.45, 7) is 0. The van der Waals surface area contributed by atoms with E-state index in [1.165, 1.54) is 82.3 Å². The van der Waals surface area contributed by atoms with Crippen LogP contribution in [0.15, 0.2) is 255 Å². The first kappa shape index (κ1) is 37.3. The third kappa shape index (κ3) is 6.35. The normalized spacial score (nSPS) is 11.4. The summed E-state index contributed by atoms with van der Waals surface area (Å²) >= 11 is 0. The molecule has 11 aromatic carbocycles. The first-order chi connectivity index (χ1) is 31.8. The zero-order valence-electron chi connectivity index (χ0n) is 35.1. The summed E-state index contributed by atoms with van der Waals surface area (Å²) in [6.07, 6.45) is 0. The quantitative estimate of drug-likeness (QED) is 0.148. The minimum absolute atomic E-state index is 1.07. The smallest absolute Gasteiger partial charge is 0.0541 e. The molecule has 0 aliphatic heterocycles. The van der Waals surface area contributed by atoms with E-state index in [2.05, 4.69) is 264 Å². The number of para-hydroxylation sites is 3. The Morgan fingerprint density at radius 2 is 0.656 bits per heavy atom. The van der Waals surface area contributed by atoms with Gasteiger partial charge in [0.2, 0.25) is 0 Å². The Kier molecular flexibility index (Phi) is 9.20. The van der Waals surface area contributed by atoms with Gasteiger partial charge < -0.3 is 9.47 Å². The largest absolute Gasteiger partial charge is 0.310 e. The zero-order valence-corrected chi connectivity index (χ0v) is 35.1. The number of hydrogen-bond donors (Lipinski definition) is 0. The van der Waals surface area contributed by atoms with Crippen molar-refractivity contribution in [3.05, 3.63) is 255 Å². The van der Waals surface area contributed by atoms with E-state index in [1.54, 1.807) is 0 Å². The molecule has 2 nitrogen and oxygen atoms in total. The summed E-state index contributed by atoms with van der Waals surface area (Å²) in [7, 11) is 0. The second-order valence-corrected chi connectivity index (χ2v) is 16.4. The molecule has 2 heteroatoms. The van der Waals surface area contributed by atoms with Gasteiger partial charge in [0.05, 0.1) is 16.7 Å². The van der Waals surface area contributed by atoms with Crippen LogP contribution in [-0.2, 0) is 0 Å². The fourth-order valence-electron chi connectivity index (χ4n) is 9.93. The van der Waals surface area contributed by atoms with Gasteiger partial charge >= 0.3 is 0 Å². The monoisotopic (exact) mass is 814 g/mol. The van der Waals surface area contributed by atoms with Crippen molar-refractivity contribution in [3.63, 3.8) is 0 Å². The Balaban J connectivity index is 1.04.